The molecule has 2 rings (SSSR count). The zero-order valence-corrected chi connectivity index (χ0v) is 10.0. The Bertz CT molecular complexity index is 504. The van der Waals surface area contributed by atoms with Crippen molar-refractivity contribution in [2.75, 3.05) is 11.1 Å². The lowest BCUT2D eigenvalue weighted by molar-refractivity contribution is 0.707. The summed E-state index contributed by atoms with van der Waals surface area (Å²) < 4.78 is 1.98. The van der Waals surface area contributed by atoms with Crippen LogP contribution in [0, 0.1) is 6.92 Å². The van der Waals surface area contributed by atoms with Crippen molar-refractivity contribution in [2.45, 2.75) is 26.9 Å². The first kappa shape index (κ1) is 11.4. The summed E-state index contributed by atoms with van der Waals surface area (Å²) in [5.41, 5.74) is 7.53. The minimum atomic E-state index is 0.587. The van der Waals surface area contributed by atoms with E-state index in [0.29, 0.717) is 6.54 Å². The average molecular weight is 232 g/mol. The summed E-state index contributed by atoms with van der Waals surface area (Å²) in [6.07, 6.45) is 3.47. The van der Waals surface area contributed by atoms with E-state index in [2.05, 4.69) is 27.4 Å². The predicted molar refractivity (Wildman–Crippen MR) is 66.4 cm³/mol. The third-order valence-corrected chi connectivity index (χ3v) is 2.61. The molecule has 17 heavy (non-hydrogen) atoms. The molecule has 2 heterocycles. The SMILES string of the molecule is CCn1cnnc1CNc1cc(N)c(C)cn1. The summed E-state index contributed by atoms with van der Waals surface area (Å²) in [5.74, 6) is 1.63. The molecule has 2 aromatic rings. The minimum absolute atomic E-state index is 0.587. The third kappa shape index (κ3) is 2.52. The minimum Gasteiger partial charge on any atom is -0.398 e. The quantitative estimate of drug-likeness (QED) is 0.827. The van der Waals surface area contributed by atoms with Gasteiger partial charge in [-0.25, -0.2) is 4.98 Å². The van der Waals surface area contributed by atoms with Crippen LogP contribution in [0.3, 0.4) is 0 Å². The molecular weight excluding hydrogens is 216 g/mol. The standard InChI is InChI=1S/C11H16N6/c1-3-17-7-15-16-11(17)6-14-10-4-9(12)8(2)5-13-10/h4-5,7H,3,6H2,1-2H3,(H3,12,13,14). The van der Waals surface area contributed by atoms with Crippen molar-refractivity contribution in [3.05, 3.63) is 30.0 Å². The number of nitrogen functional groups attached to an aromatic ring is 1. The van der Waals surface area contributed by atoms with Crippen molar-refractivity contribution in [1.29, 1.82) is 0 Å². The van der Waals surface area contributed by atoms with E-state index >= 15 is 0 Å². The van der Waals surface area contributed by atoms with E-state index in [1.165, 1.54) is 0 Å². The van der Waals surface area contributed by atoms with Gasteiger partial charge in [-0.1, -0.05) is 0 Å². The summed E-state index contributed by atoms with van der Waals surface area (Å²) in [4.78, 5) is 4.25. The van der Waals surface area contributed by atoms with Crippen molar-refractivity contribution in [3.8, 4) is 0 Å². The molecule has 0 aliphatic rings. The van der Waals surface area contributed by atoms with E-state index in [0.717, 1.165) is 29.4 Å². The lowest BCUT2D eigenvalue weighted by atomic mass is 10.2. The average Bonchev–Trinajstić information content (AvgIpc) is 2.78. The van der Waals surface area contributed by atoms with Crippen LogP contribution < -0.4 is 11.1 Å². The first-order chi connectivity index (χ1) is 8.20. The Balaban J connectivity index is 2.05. The molecule has 90 valence electrons. The van der Waals surface area contributed by atoms with E-state index in [4.69, 9.17) is 5.73 Å². The second-order valence-electron chi connectivity index (χ2n) is 3.81. The van der Waals surface area contributed by atoms with Gasteiger partial charge in [0.15, 0.2) is 5.82 Å². The Hall–Kier alpha value is -2.11. The van der Waals surface area contributed by atoms with Gasteiger partial charge in [0.05, 0.1) is 6.54 Å². The zero-order chi connectivity index (χ0) is 12.3. The highest BCUT2D eigenvalue weighted by Gasteiger charge is 2.03. The van der Waals surface area contributed by atoms with E-state index in [-0.39, 0.29) is 0 Å². The van der Waals surface area contributed by atoms with Gasteiger partial charge in [0, 0.05) is 24.5 Å². The maximum atomic E-state index is 5.81. The fourth-order valence-electron chi connectivity index (χ4n) is 1.49. The van der Waals surface area contributed by atoms with E-state index < -0.39 is 0 Å². The Morgan fingerprint density at radius 3 is 3.00 bits per heavy atom. The van der Waals surface area contributed by atoms with Crippen LogP contribution in [-0.2, 0) is 13.1 Å². The van der Waals surface area contributed by atoms with Crippen molar-refractivity contribution in [2.24, 2.45) is 0 Å². The second-order valence-corrected chi connectivity index (χ2v) is 3.81. The number of pyridine rings is 1. The van der Waals surface area contributed by atoms with Crippen molar-refractivity contribution in [1.82, 2.24) is 19.7 Å². The van der Waals surface area contributed by atoms with Gasteiger partial charge in [0.25, 0.3) is 0 Å². The highest BCUT2D eigenvalue weighted by atomic mass is 15.3. The van der Waals surface area contributed by atoms with E-state index in [9.17, 15) is 0 Å². The fraction of sp³-hybridized carbons (Fsp3) is 0.364. The lowest BCUT2D eigenvalue weighted by Crippen LogP contribution is -2.08. The smallest absolute Gasteiger partial charge is 0.152 e. The normalized spacial score (nSPS) is 10.5. The molecule has 0 spiro atoms. The van der Waals surface area contributed by atoms with E-state index in [1.807, 2.05) is 17.6 Å². The zero-order valence-electron chi connectivity index (χ0n) is 10.0. The Morgan fingerprint density at radius 1 is 1.47 bits per heavy atom. The monoisotopic (exact) mass is 232 g/mol. The number of aryl methyl sites for hydroxylation is 2. The molecule has 0 amide bonds. The van der Waals surface area contributed by atoms with Crippen molar-refractivity contribution >= 4 is 11.5 Å². The van der Waals surface area contributed by atoms with Crippen LogP contribution in [0.25, 0.3) is 0 Å². The molecule has 6 heteroatoms. The van der Waals surface area contributed by atoms with Crippen LogP contribution in [0.2, 0.25) is 0 Å². The number of nitrogens with two attached hydrogens (primary N) is 1. The summed E-state index contributed by atoms with van der Waals surface area (Å²) in [6.45, 7) is 5.42. The van der Waals surface area contributed by atoms with Gasteiger partial charge in [0.1, 0.15) is 12.1 Å². The number of aromatic nitrogens is 4. The van der Waals surface area contributed by atoms with Crippen molar-refractivity contribution in [3.63, 3.8) is 0 Å². The lowest BCUT2D eigenvalue weighted by Gasteiger charge is -2.07. The fourth-order valence-corrected chi connectivity index (χ4v) is 1.49. The Kier molecular flexibility index (Phi) is 3.22. The summed E-state index contributed by atoms with van der Waals surface area (Å²) in [7, 11) is 0. The molecule has 0 saturated heterocycles. The molecule has 0 bridgehead atoms. The predicted octanol–water partition coefficient (Wildman–Crippen LogP) is 1.20. The van der Waals surface area contributed by atoms with Crippen LogP contribution in [0.1, 0.15) is 18.3 Å². The number of nitrogens with one attached hydrogen (secondary N) is 1. The molecule has 3 N–H and O–H groups in total. The van der Waals surface area contributed by atoms with Crippen LogP contribution >= 0.6 is 0 Å². The number of rotatable bonds is 4. The molecule has 0 fully saturated rings. The first-order valence-corrected chi connectivity index (χ1v) is 5.53. The summed E-state index contributed by atoms with van der Waals surface area (Å²) >= 11 is 0. The maximum Gasteiger partial charge on any atom is 0.152 e. The second kappa shape index (κ2) is 4.82. The van der Waals surface area contributed by atoms with Gasteiger partial charge in [-0.05, 0) is 19.4 Å². The molecule has 0 aliphatic carbocycles. The van der Waals surface area contributed by atoms with Gasteiger partial charge in [0.2, 0.25) is 0 Å². The highest BCUT2D eigenvalue weighted by Crippen LogP contribution is 2.13. The third-order valence-electron chi connectivity index (χ3n) is 2.61. The first-order valence-electron chi connectivity index (χ1n) is 5.53. The number of nitrogens with zero attached hydrogens (tertiary/aromatic N) is 4. The van der Waals surface area contributed by atoms with Gasteiger partial charge in [-0.2, -0.15) is 0 Å². The number of anilines is 2. The van der Waals surface area contributed by atoms with Crippen LogP contribution in [0.4, 0.5) is 11.5 Å². The Morgan fingerprint density at radius 2 is 2.29 bits per heavy atom. The number of hydrogen-bond donors (Lipinski definition) is 2. The molecule has 0 atom stereocenters. The molecule has 0 aliphatic heterocycles. The largest absolute Gasteiger partial charge is 0.398 e. The molecular formula is C11H16N6. The molecule has 2 aromatic heterocycles. The van der Waals surface area contributed by atoms with Gasteiger partial charge in [-0.3, -0.25) is 0 Å². The van der Waals surface area contributed by atoms with Gasteiger partial charge < -0.3 is 15.6 Å². The van der Waals surface area contributed by atoms with Gasteiger partial charge >= 0.3 is 0 Å². The van der Waals surface area contributed by atoms with Crippen LogP contribution in [0.5, 0.6) is 0 Å². The Labute approximate surface area is 99.9 Å². The number of hydrogen-bond acceptors (Lipinski definition) is 5. The van der Waals surface area contributed by atoms with Crippen LogP contribution in [-0.4, -0.2) is 19.7 Å². The molecule has 0 unspecified atom stereocenters. The molecule has 0 radical (unpaired) electrons. The maximum absolute atomic E-state index is 5.81. The van der Waals surface area contributed by atoms with E-state index in [1.54, 1.807) is 12.5 Å². The molecule has 6 nitrogen and oxygen atoms in total. The summed E-state index contributed by atoms with van der Waals surface area (Å²) in [6, 6.07) is 1.82. The van der Waals surface area contributed by atoms with Gasteiger partial charge in [-0.15, -0.1) is 10.2 Å². The highest BCUT2D eigenvalue weighted by molar-refractivity contribution is 5.53. The summed E-state index contributed by atoms with van der Waals surface area (Å²) in [5, 5.41) is 11.1. The topological polar surface area (TPSA) is 81.7 Å². The van der Waals surface area contributed by atoms with Crippen LogP contribution in [0.15, 0.2) is 18.6 Å². The molecule has 0 aromatic carbocycles. The molecule has 0 saturated carbocycles. The van der Waals surface area contributed by atoms with Crippen molar-refractivity contribution < 1.29 is 0 Å².